The number of halogens is 1. The van der Waals surface area contributed by atoms with E-state index in [1.807, 2.05) is 0 Å². The van der Waals surface area contributed by atoms with E-state index in [9.17, 15) is 17.9 Å². The van der Waals surface area contributed by atoms with E-state index in [1.54, 1.807) is 0 Å². The first-order valence-electron chi connectivity index (χ1n) is 5.47. The molecule has 4 nitrogen and oxygen atoms in total. The smallest absolute Gasteiger partial charge is 0.262 e. The van der Waals surface area contributed by atoms with Crippen LogP contribution in [0.25, 0.3) is 0 Å². The monoisotopic (exact) mass is 281 g/mol. The van der Waals surface area contributed by atoms with E-state index in [1.165, 1.54) is 49.4 Å². The number of phenols is 1. The highest BCUT2D eigenvalue weighted by atomic mass is 32.2. The summed E-state index contributed by atoms with van der Waals surface area (Å²) in [6.07, 6.45) is 0. The Kier molecular flexibility index (Phi) is 3.44. The van der Waals surface area contributed by atoms with Crippen LogP contribution in [0, 0.1) is 12.7 Å². The largest absolute Gasteiger partial charge is 0.508 e. The summed E-state index contributed by atoms with van der Waals surface area (Å²) in [5, 5.41) is 9.28. The minimum atomic E-state index is -3.88. The van der Waals surface area contributed by atoms with Crippen LogP contribution >= 0.6 is 0 Å². The molecule has 2 rings (SSSR count). The quantitative estimate of drug-likeness (QED) is 0.909. The number of aromatic hydroxyl groups is 1. The van der Waals surface area contributed by atoms with Gasteiger partial charge in [-0.15, -0.1) is 0 Å². The lowest BCUT2D eigenvalue weighted by atomic mass is 10.2. The Morgan fingerprint density at radius 2 is 1.84 bits per heavy atom. The second-order valence-corrected chi connectivity index (χ2v) is 5.67. The summed E-state index contributed by atoms with van der Waals surface area (Å²) in [4.78, 5) is -0.129. The molecular weight excluding hydrogens is 269 g/mol. The second kappa shape index (κ2) is 4.89. The van der Waals surface area contributed by atoms with Crippen molar-refractivity contribution in [1.82, 2.24) is 0 Å². The first-order valence-corrected chi connectivity index (χ1v) is 6.95. The first kappa shape index (κ1) is 13.4. The molecule has 0 saturated heterocycles. The molecule has 0 aliphatic rings. The third kappa shape index (κ3) is 2.85. The number of rotatable bonds is 3. The van der Waals surface area contributed by atoms with Gasteiger partial charge in [-0.2, -0.15) is 0 Å². The van der Waals surface area contributed by atoms with Crippen molar-refractivity contribution in [3.8, 4) is 5.75 Å². The minimum absolute atomic E-state index is 0.0511. The van der Waals surface area contributed by atoms with E-state index in [0.717, 1.165) is 0 Å². The molecule has 2 N–H and O–H groups in total. The van der Waals surface area contributed by atoms with Gasteiger partial charge in [-0.3, -0.25) is 4.72 Å². The van der Waals surface area contributed by atoms with E-state index in [4.69, 9.17) is 0 Å². The molecule has 2 aromatic rings. The Morgan fingerprint density at radius 1 is 1.16 bits per heavy atom. The molecule has 2 aromatic carbocycles. The van der Waals surface area contributed by atoms with Gasteiger partial charge in [-0.1, -0.05) is 12.1 Å². The van der Waals surface area contributed by atoms with E-state index >= 15 is 0 Å². The fraction of sp³-hybridized carbons (Fsp3) is 0.0769. The topological polar surface area (TPSA) is 66.4 Å². The Morgan fingerprint density at radius 3 is 2.53 bits per heavy atom. The Hall–Kier alpha value is -2.08. The van der Waals surface area contributed by atoms with E-state index in [-0.39, 0.29) is 21.9 Å². The molecule has 0 saturated carbocycles. The minimum Gasteiger partial charge on any atom is -0.508 e. The maximum Gasteiger partial charge on any atom is 0.262 e. The number of benzene rings is 2. The van der Waals surface area contributed by atoms with Crippen LogP contribution in [-0.4, -0.2) is 13.5 Å². The summed E-state index contributed by atoms with van der Waals surface area (Å²) in [6.45, 7) is 1.40. The van der Waals surface area contributed by atoms with Crippen LogP contribution in [0.4, 0.5) is 10.1 Å². The molecule has 0 bridgehead atoms. The fourth-order valence-corrected chi connectivity index (χ4v) is 2.96. The molecule has 0 heterocycles. The molecule has 100 valence electrons. The fourth-order valence-electron chi connectivity index (χ4n) is 1.66. The van der Waals surface area contributed by atoms with Crippen LogP contribution in [0.1, 0.15) is 5.56 Å². The van der Waals surface area contributed by atoms with Crippen LogP contribution in [0.2, 0.25) is 0 Å². The van der Waals surface area contributed by atoms with Gasteiger partial charge in [-0.05, 0) is 31.2 Å². The maximum atomic E-state index is 13.4. The molecule has 0 amide bonds. The van der Waals surface area contributed by atoms with Crippen molar-refractivity contribution in [3.63, 3.8) is 0 Å². The number of nitrogens with one attached hydrogen (secondary N) is 1. The molecule has 0 fully saturated rings. The van der Waals surface area contributed by atoms with E-state index in [2.05, 4.69) is 4.72 Å². The summed E-state index contributed by atoms with van der Waals surface area (Å²) in [6, 6.07) is 9.54. The third-order valence-corrected chi connectivity index (χ3v) is 4.13. The zero-order valence-corrected chi connectivity index (χ0v) is 10.9. The van der Waals surface area contributed by atoms with Crippen LogP contribution < -0.4 is 4.72 Å². The predicted molar refractivity (Wildman–Crippen MR) is 70.1 cm³/mol. The number of hydrogen-bond donors (Lipinski definition) is 2. The summed E-state index contributed by atoms with van der Waals surface area (Å²) in [5.74, 6) is -0.644. The highest BCUT2D eigenvalue weighted by molar-refractivity contribution is 7.92. The third-order valence-electron chi connectivity index (χ3n) is 2.61. The molecule has 0 aliphatic carbocycles. The average Bonchev–Trinajstić information content (AvgIpc) is 2.32. The molecule has 19 heavy (non-hydrogen) atoms. The van der Waals surface area contributed by atoms with Gasteiger partial charge in [0.2, 0.25) is 0 Å². The standard InChI is InChI=1S/C13H12FNO3S/c1-9-12(14)6-3-7-13(9)19(17,18)15-10-4-2-5-11(16)8-10/h2-8,15-16H,1H3. The summed E-state index contributed by atoms with van der Waals surface area (Å²) < 4.78 is 39.9. The van der Waals surface area contributed by atoms with Gasteiger partial charge in [-0.25, -0.2) is 12.8 Å². The molecule has 0 spiro atoms. The number of hydrogen-bond acceptors (Lipinski definition) is 3. The molecule has 0 radical (unpaired) electrons. The van der Waals surface area contributed by atoms with Crippen LogP contribution in [0.15, 0.2) is 47.4 Å². The predicted octanol–water partition coefficient (Wildman–Crippen LogP) is 2.64. The lowest BCUT2D eigenvalue weighted by Gasteiger charge is -2.10. The number of anilines is 1. The molecule has 0 unspecified atom stereocenters. The SMILES string of the molecule is Cc1c(F)cccc1S(=O)(=O)Nc1cccc(O)c1. The van der Waals surface area contributed by atoms with Gasteiger partial charge in [0.15, 0.2) is 0 Å². The molecule has 0 atom stereocenters. The Labute approximate surface area is 110 Å². The van der Waals surface area contributed by atoms with E-state index < -0.39 is 15.8 Å². The van der Waals surface area contributed by atoms with Crippen molar-refractivity contribution in [2.75, 3.05) is 4.72 Å². The van der Waals surface area contributed by atoms with Crippen molar-refractivity contribution >= 4 is 15.7 Å². The number of phenolic OH excluding ortho intramolecular Hbond substituents is 1. The van der Waals surface area contributed by atoms with Gasteiger partial charge < -0.3 is 5.11 Å². The van der Waals surface area contributed by atoms with Crippen LogP contribution in [-0.2, 0) is 10.0 Å². The molecular formula is C13H12FNO3S. The van der Waals surface area contributed by atoms with Crippen molar-refractivity contribution in [3.05, 3.63) is 53.8 Å². The molecule has 0 aromatic heterocycles. The van der Waals surface area contributed by atoms with E-state index in [0.29, 0.717) is 0 Å². The van der Waals surface area contributed by atoms with Crippen LogP contribution in [0.5, 0.6) is 5.75 Å². The average molecular weight is 281 g/mol. The summed E-state index contributed by atoms with van der Waals surface area (Å²) in [7, 11) is -3.88. The first-order chi connectivity index (χ1) is 8.90. The lowest BCUT2D eigenvalue weighted by molar-refractivity contribution is 0.475. The van der Waals surface area contributed by atoms with Gasteiger partial charge >= 0.3 is 0 Å². The Balaban J connectivity index is 2.41. The van der Waals surface area contributed by atoms with Gasteiger partial charge in [0, 0.05) is 11.6 Å². The maximum absolute atomic E-state index is 13.4. The van der Waals surface area contributed by atoms with Crippen molar-refractivity contribution in [2.24, 2.45) is 0 Å². The zero-order chi connectivity index (χ0) is 14.0. The van der Waals surface area contributed by atoms with Gasteiger partial charge in [0.25, 0.3) is 10.0 Å². The summed E-state index contributed by atoms with van der Waals surface area (Å²) in [5.41, 5.74) is 0.263. The van der Waals surface area contributed by atoms with Gasteiger partial charge in [0.05, 0.1) is 10.6 Å². The summed E-state index contributed by atoms with van der Waals surface area (Å²) >= 11 is 0. The lowest BCUT2D eigenvalue weighted by Crippen LogP contribution is -2.14. The molecule has 0 aliphatic heterocycles. The second-order valence-electron chi connectivity index (χ2n) is 4.02. The normalized spacial score (nSPS) is 11.3. The molecule has 6 heteroatoms. The highest BCUT2D eigenvalue weighted by Gasteiger charge is 2.18. The highest BCUT2D eigenvalue weighted by Crippen LogP contribution is 2.22. The van der Waals surface area contributed by atoms with Crippen molar-refractivity contribution in [2.45, 2.75) is 11.8 Å². The Bertz CT molecular complexity index is 714. The zero-order valence-electron chi connectivity index (χ0n) is 10.1. The van der Waals surface area contributed by atoms with Gasteiger partial charge in [0.1, 0.15) is 11.6 Å². The number of sulfonamides is 1. The van der Waals surface area contributed by atoms with Crippen molar-refractivity contribution < 1.29 is 17.9 Å². The van der Waals surface area contributed by atoms with Crippen LogP contribution in [0.3, 0.4) is 0 Å². The van der Waals surface area contributed by atoms with Crippen molar-refractivity contribution in [1.29, 1.82) is 0 Å².